The smallest absolute Gasteiger partial charge is 0.222 e. The molecule has 0 spiro atoms. The fourth-order valence-corrected chi connectivity index (χ4v) is 5.60. The molecule has 0 saturated heterocycles. The summed E-state index contributed by atoms with van der Waals surface area (Å²) in [6, 6.07) is 10.5. The maximum Gasteiger partial charge on any atom is 0.222 e. The number of nitrogens with one attached hydrogen (secondary N) is 2. The minimum Gasteiger partial charge on any atom is -0.390 e. The monoisotopic (exact) mass is 655 g/mol. The highest BCUT2D eigenvalue weighted by atomic mass is 127. The summed E-state index contributed by atoms with van der Waals surface area (Å²) in [5.74, 6) is -1.17. The van der Waals surface area contributed by atoms with E-state index in [1.54, 1.807) is 0 Å². The van der Waals surface area contributed by atoms with E-state index in [2.05, 4.69) is 47.1 Å². The first kappa shape index (κ1) is 31.4. The normalized spacial score (nSPS) is 17.9. The molecule has 0 heterocycles. The van der Waals surface area contributed by atoms with E-state index >= 15 is 0 Å². The van der Waals surface area contributed by atoms with E-state index in [0.717, 1.165) is 47.6 Å². The SMILES string of the molecule is CCCN(CCC)C(=O)C[C@H]1C[C@@H]1CC(=O)N[C@@H](Cc1cc(F)cc(F)c1)[C@H](O)CNCc1cccc(I)c1. The second-order valence-corrected chi connectivity index (χ2v) is 11.8. The Balaban J connectivity index is 1.56. The van der Waals surface area contributed by atoms with Crippen LogP contribution in [0.2, 0.25) is 0 Å². The Morgan fingerprint density at radius 2 is 1.69 bits per heavy atom. The zero-order chi connectivity index (χ0) is 28.4. The molecule has 2 aromatic carbocycles. The van der Waals surface area contributed by atoms with Gasteiger partial charge in [-0.3, -0.25) is 9.59 Å². The molecule has 4 atom stereocenters. The van der Waals surface area contributed by atoms with Crippen LogP contribution in [0.5, 0.6) is 0 Å². The highest BCUT2D eigenvalue weighted by Gasteiger charge is 2.40. The van der Waals surface area contributed by atoms with Crippen LogP contribution in [0.15, 0.2) is 42.5 Å². The minimum absolute atomic E-state index is 0.0854. The largest absolute Gasteiger partial charge is 0.390 e. The van der Waals surface area contributed by atoms with Crippen molar-refractivity contribution in [1.29, 1.82) is 0 Å². The van der Waals surface area contributed by atoms with E-state index in [-0.39, 0.29) is 43.0 Å². The topological polar surface area (TPSA) is 81.7 Å². The fourth-order valence-electron chi connectivity index (χ4n) is 4.99. The van der Waals surface area contributed by atoms with Gasteiger partial charge >= 0.3 is 0 Å². The highest BCUT2D eigenvalue weighted by Crippen LogP contribution is 2.44. The molecule has 9 heteroatoms. The van der Waals surface area contributed by atoms with Crippen LogP contribution in [0.3, 0.4) is 0 Å². The molecule has 1 saturated carbocycles. The maximum atomic E-state index is 13.8. The third kappa shape index (κ3) is 10.8. The number of hydrogen-bond acceptors (Lipinski definition) is 4. The number of carbonyl (C=O) groups is 2. The van der Waals surface area contributed by atoms with Gasteiger partial charge in [-0.25, -0.2) is 8.78 Å². The number of rotatable bonds is 16. The van der Waals surface area contributed by atoms with Crippen molar-refractivity contribution >= 4 is 34.4 Å². The van der Waals surface area contributed by atoms with Crippen molar-refractivity contribution in [3.8, 4) is 0 Å². The predicted molar refractivity (Wildman–Crippen MR) is 157 cm³/mol. The molecule has 214 valence electrons. The number of benzene rings is 2. The first-order chi connectivity index (χ1) is 18.7. The van der Waals surface area contributed by atoms with Gasteiger partial charge in [-0.05, 0) is 95.5 Å². The molecule has 3 N–H and O–H groups in total. The van der Waals surface area contributed by atoms with Crippen LogP contribution in [0.1, 0.15) is 57.1 Å². The summed E-state index contributed by atoms with van der Waals surface area (Å²) >= 11 is 2.24. The quantitative estimate of drug-likeness (QED) is 0.227. The lowest BCUT2D eigenvalue weighted by molar-refractivity contribution is -0.132. The van der Waals surface area contributed by atoms with Gasteiger partial charge in [0.2, 0.25) is 11.8 Å². The van der Waals surface area contributed by atoms with Gasteiger partial charge in [0.25, 0.3) is 0 Å². The van der Waals surface area contributed by atoms with Gasteiger partial charge in [0.15, 0.2) is 0 Å². The lowest BCUT2D eigenvalue weighted by Crippen LogP contribution is -2.48. The molecule has 1 aliphatic carbocycles. The van der Waals surface area contributed by atoms with Crippen LogP contribution in [-0.2, 0) is 22.6 Å². The summed E-state index contributed by atoms with van der Waals surface area (Å²) in [6.07, 6.45) is 2.48. The molecule has 0 bridgehead atoms. The molecule has 39 heavy (non-hydrogen) atoms. The Kier molecular flexibility index (Phi) is 12.6. The standard InChI is InChI=1S/C30H40F2IN3O3/c1-3-8-36(9-4-2)30(39)16-23-14-22(23)15-29(38)35-27(13-21-10-24(31)17-25(32)11-21)28(37)19-34-18-20-6-5-7-26(33)12-20/h5-7,10-12,17,22-23,27-28,34,37H,3-4,8-9,13-16,18-19H2,1-2H3,(H,35,38)/t22-,23-,27+,28-/m1/s1. The Morgan fingerprint density at radius 1 is 1.03 bits per heavy atom. The summed E-state index contributed by atoms with van der Waals surface area (Å²) in [4.78, 5) is 27.5. The van der Waals surface area contributed by atoms with Gasteiger partial charge in [-0.2, -0.15) is 0 Å². The van der Waals surface area contributed by atoms with Crippen molar-refractivity contribution in [2.75, 3.05) is 19.6 Å². The van der Waals surface area contributed by atoms with Gasteiger partial charge in [0.05, 0.1) is 12.1 Å². The van der Waals surface area contributed by atoms with Crippen LogP contribution in [0.25, 0.3) is 0 Å². The molecule has 0 aromatic heterocycles. The van der Waals surface area contributed by atoms with E-state index in [0.29, 0.717) is 18.5 Å². The lowest BCUT2D eigenvalue weighted by atomic mass is 10.00. The first-order valence-electron chi connectivity index (χ1n) is 13.8. The van der Waals surface area contributed by atoms with E-state index < -0.39 is 23.8 Å². The third-order valence-electron chi connectivity index (χ3n) is 7.05. The van der Waals surface area contributed by atoms with Gasteiger partial charge in [0.1, 0.15) is 11.6 Å². The van der Waals surface area contributed by atoms with E-state index in [9.17, 15) is 23.5 Å². The summed E-state index contributed by atoms with van der Waals surface area (Å²) in [7, 11) is 0. The molecule has 3 rings (SSSR count). The van der Waals surface area contributed by atoms with Crippen molar-refractivity contribution < 1.29 is 23.5 Å². The maximum absolute atomic E-state index is 13.8. The number of carbonyl (C=O) groups excluding carboxylic acids is 2. The zero-order valence-electron chi connectivity index (χ0n) is 22.8. The number of amides is 2. The van der Waals surface area contributed by atoms with Gasteiger partial charge in [0, 0.05) is 48.7 Å². The van der Waals surface area contributed by atoms with Crippen molar-refractivity contribution in [2.24, 2.45) is 11.8 Å². The molecule has 0 aliphatic heterocycles. The third-order valence-corrected chi connectivity index (χ3v) is 7.72. The van der Waals surface area contributed by atoms with Crippen LogP contribution >= 0.6 is 22.6 Å². The molecule has 2 aromatic rings. The molecule has 1 fully saturated rings. The summed E-state index contributed by atoms with van der Waals surface area (Å²) < 4.78 is 28.7. The number of nitrogens with zero attached hydrogens (tertiary/aromatic N) is 1. The van der Waals surface area contributed by atoms with E-state index in [1.807, 2.05) is 29.2 Å². The molecule has 0 radical (unpaired) electrons. The number of hydrogen-bond donors (Lipinski definition) is 3. The number of halogens is 3. The zero-order valence-corrected chi connectivity index (χ0v) is 24.9. The Labute approximate surface area is 244 Å². The van der Waals surface area contributed by atoms with Gasteiger partial charge in [-0.1, -0.05) is 26.0 Å². The average molecular weight is 656 g/mol. The molecular weight excluding hydrogens is 615 g/mol. The lowest BCUT2D eigenvalue weighted by Gasteiger charge is -2.25. The predicted octanol–water partition coefficient (Wildman–Crippen LogP) is 4.81. The van der Waals surface area contributed by atoms with Crippen molar-refractivity contribution in [1.82, 2.24) is 15.5 Å². The van der Waals surface area contributed by atoms with E-state index in [1.165, 1.54) is 12.1 Å². The first-order valence-corrected chi connectivity index (χ1v) is 14.9. The summed E-state index contributed by atoms with van der Waals surface area (Å²) in [6.45, 7) is 6.35. The van der Waals surface area contributed by atoms with Crippen LogP contribution in [-0.4, -0.2) is 53.6 Å². The van der Waals surface area contributed by atoms with E-state index in [4.69, 9.17) is 0 Å². The van der Waals surface area contributed by atoms with Crippen molar-refractivity contribution in [2.45, 2.75) is 71.1 Å². The Bertz CT molecular complexity index is 1080. The van der Waals surface area contributed by atoms with Gasteiger partial charge < -0.3 is 20.6 Å². The van der Waals surface area contributed by atoms with Crippen LogP contribution in [0.4, 0.5) is 8.78 Å². The minimum atomic E-state index is -0.976. The van der Waals surface area contributed by atoms with Gasteiger partial charge in [-0.15, -0.1) is 0 Å². The van der Waals surface area contributed by atoms with Crippen molar-refractivity contribution in [3.05, 3.63) is 68.8 Å². The second kappa shape index (κ2) is 15.6. The Hall–Kier alpha value is -2.11. The molecule has 1 aliphatic rings. The molecule has 6 nitrogen and oxygen atoms in total. The number of aliphatic hydroxyl groups excluding tert-OH is 1. The van der Waals surface area contributed by atoms with Crippen LogP contribution in [0, 0.1) is 27.0 Å². The fraction of sp³-hybridized carbons (Fsp3) is 0.533. The average Bonchev–Trinajstić information content (AvgIpc) is 3.59. The summed E-state index contributed by atoms with van der Waals surface area (Å²) in [5, 5.41) is 17.1. The Morgan fingerprint density at radius 3 is 2.33 bits per heavy atom. The highest BCUT2D eigenvalue weighted by molar-refractivity contribution is 14.1. The van der Waals surface area contributed by atoms with Crippen molar-refractivity contribution in [3.63, 3.8) is 0 Å². The molecule has 0 unspecified atom stereocenters. The molecular formula is C30H40F2IN3O3. The molecule has 2 amide bonds. The summed E-state index contributed by atoms with van der Waals surface area (Å²) in [5.41, 5.74) is 1.42. The van der Waals surface area contributed by atoms with Crippen LogP contribution < -0.4 is 10.6 Å². The number of aliphatic hydroxyl groups is 1. The second-order valence-electron chi connectivity index (χ2n) is 10.5.